The zero-order valence-electron chi connectivity index (χ0n) is 13.4. The topological polar surface area (TPSA) is 57.5 Å². The fourth-order valence-electron chi connectivity index (χ4n) is 2.25. The molecule has 2 aromatic carbocycles. The van der Waals surface area contributed by atoms with Gasteiger partial charge in [0.2, 0.25) is 0 Å². The third kappa shape index (κ3) is 3.62. The smallest absolute Gasteiger partial charge is 0.193 e. The van der Waals surface area contributed by atoms with Gasteiger partial charge in [-0.2, -0.15) is 0 Å². The molecule has 0 aliphatic carbocycles. The summed E-state index contributed by atoms with van der Waals surface area (Å²) in [4.78, 5) is 12.6. The molecule has 2 rings (SSSR count). The van der Waals surface area contributed by atoms with Crippen molar-refractivity contribution in [3.05, 3.63) is 70.8 Å². The maximum atomic E-state index is 12.6. The molecule has 0 atom stereocenters. The first kappa shape index (κ1) is 16.4. The number of carbonyl (C=O) groups excluding carboxylic acids is 1. The van der Waals surface area contributed by atoms with Crippen LogP contribution in [0.15, 0.2) is 48.5 Å². The Morgan fingerprint density at radius 3 is 1.45 bits per heavy atom. The van der Waals surface area contributed by atoms with E-state index in [1.165, 1.54) is 0 Å². The highest BCUT2D eigenvalue weighted by Crippen LogP contribution is 2.24. The molecule has 3 heteroatoms. The summed E-state index contributed by atoms with van der Waals surface area (Å²) in [5.74, 6) is -0.128. The van der Waals surface area contributed by atoms with Crippen LogP contribution in [-0.4, -0.2) is 16.0 Å². The maximum Gasteiger partial charge on any atom is 0.193 e. The molecule has 116 valence electrons. The molecule has 2 N–H and O–H groups in total. The average molecular weight is 298 g/mol. The molecule has 0 bridgehead atoms. The van der Waals surface area contributed by atoms with Crippen LogP contribution in [0.5, 0.6) is 0 Å². The number of aliphatic hydroxyl groups is 2. The van der Waals surface area contributed by atoms with Gasteiger partial charge in [-0.05, 0) is 51.0 Å². The van der Waals surface area contributed by atoms with Gasteiger partial charge in [-0.3, -0.25) is 4.79 Å². The van der Waals surface area contributed by atoms with E-state index in [0.29, 0.717) is 22.3 Å². The number of ketones is 1. The van der Waals surface area contributed by atoms with E-state index in [2.05, 4.69) is 0 Å². The summed E-state index contributed by atoms with van der Waals surface area (Å²) in [6.45, 7) is 6.74. The fraction of sp³-hybridized carbons (Fsp3) is 0.316. The summed E-state index contributed by atoms with van der Waals surface area (Å²) >= 11 is 0. The fourth-order valence-corrected chi connectivity index (χ4v) is 2.25. The van der Waals surface area contributed by atoms with Gasteiger partial charge in [-0.25, -0.2) is 0 Å². The van der Waals surface area contributed by atoms with Gasteiger partial charge in [-0.15, -0.1) is 0 Å². The standard InChI is InChI=1S/C19H22O3/c1-18(2,21)15-9-5-7-13(11-15)17(20)14-8-6-10-16(12-14)19(3,4)22/h5-12,21-22H,1-4H3. The lowest BCUT2D eigenvalue weighted by molar-refractivity contribution is 0.0781. The van der Waals surface area contributed by atoms with Crippen molar-refractivity contribution in [1.82, 2.24) is 0 Å². The van der Waals surface area contributed by atoms with Gasteiger partial charge >= 0.3 is 0 Å². The summed E-state index contributed by atoms with van der Waals surface area (Å²) in [6.07, 6.45) is 0. The van der Waals surface area contributed by atoms with E-state index >= 15 is 0 Å². The molecule has 0 saturated carbocycles. The van der Waals surface area contributed by atoms with Crippen LogP contribution in [0, 0.1) is 0 Å². The quantitative estimate of drug-likeness (QED) is 0.851. The van der Waals surface area contributed by atoms with Gasteiger partial charge in [0.1, 0.15) is 0 Å². The molecule has 0 unspecified atom stereocenters. The van der Waals surface area contributed by atoms with Crippen molar-refractivity contribution < 1.29 is 15.0 Å². The monoisotopic (exact) mass is 298 g/mol. The van der Waals surface area contributed by atoms with Crippen LogP contribution in [0.2, 0.25) is 0 Å². The average Bonchev–Trinajstić information content (AvgIpc) is 2.45. The Morgan fingerprint density at radius 1 is 0.773 bits per heavy atom. The molecule has 22 heavy (non-hydrogen) atoms. The zero-order chi connectivity index (χ0) is 16.5. The van der Waals surface area contributed by atoms with E-state index in [1.54, 1.807) is 76.2 Å². The van der Waals surface area contributed by atoms with Gasteiger partial charge in [0.25, 0.3) is 0 Å². The molecule has 2 aromatic rings. The summed E-state index contributed by atoms with van der Waals surface area (Å²) < 4.78 is 0. The van der Waals surface area contributed by atoms with E-state index in [9.17, 15) is 15.0 Å². The summed E-state index contributed by atoms with van der Waals surface area (Å²) in [7, 11) is 0. The molecule has 0 heterocycles. The molecular formula is C19H22O3. The van der Waals surface area contributed by atoms with E-state index in [1.807, 2.05) is 0 Å². The van der Waals surface area contributed by atoms with Crippen molar-refractivity contribution in [2.75, 3.05) is 0 Å². The Balaban J connectivity index is 2.41. The highest BCUT2D eigenvalue weighted by molar-refractivity contribution is 6.09. The Labute approximate surface area is 131 Å². The Hall–Kier alpha value is -1.97. The molecule has 0 aliphatic heterocycles. The highest BCUT2D eigenvalue weighted by atomic mass is 16.3. The molecular weight excluding hydrogens is 276 g/mol. The van der Waals surface area contributed by atoms with Crippen LogP contribution >= 0.6 is 0 Å². The van der Waals surface area contributed by atoms with Crippen LogP contribution in [0.25, 0.3) is 0 Å². The molecule has 0 fully saturated rings. The normalized spacial score (nSPS) is 12.3. The van der Waals surface area contributed by atoms with Crippen molar-refractivity contribution in [3.63, 3.8) is 0 Å². The lowest BCUT2D eigenvalue weighted by Crippen LogP contribution is -2.17. The van der Waals surface area contributed by atoms with Crippen LogP contribution in [0.4, 0.5) is 0 Å². The Morgan fingerprint density at radius 2 is 1.14 bits per heavy atom. The van der Waals surface area contributed by atoms with Crippen molar-refractivity contribution >= 4 is 5.78 Å². The van der Waals surface area contributed by atoms with E-state index in [4.69, 9.17) is 0 Å². The second-order valence-electron chi connectivity index (χ2n) is 6.61. The van der Waals surface area contributed by atoms with Gasteiger partial charge in [0.05, 0.1) is 11.2 Å². The predicted octanol–water partition coefficient (Wildman–Crippen LogP) is 3.37. The largest absolute Gasteiger partial charge is 0.386 e. The molecule has 0 saturated heterocycles. The SMILES string of the molecule is CC(C)(O)c1cccc(C(=O)c2cccc(C(C)(C)O)c2)c1. The van der Waals surface area contributed by atoms with Crippen LogP contribution in [0.3, 0.4) is 0 Å². The number of carbonyl (C=O) groups is 1. The van der Waals surface area contributed by atoms with Crippen LogP contribution in [-0.2, 0) is 11.2 Å². The van der Waals surface area contributed by atoms with Gasteiger partial charge in [0, 0.05) is 11.1 Å². The number of rotatable bonds is 4. The molecule has 0 spiro atoms. The zero-order valence-corrected chi connectivity index (χ0v) is 13.4. The first-order valence-electron chi connectivity index (χ1n) is 7.29. The summed E-state index contributed by atoms with van der Waals surface area (Å²) in [6, 6.07) is 14.0. The predicted molar refractivity (Wildman–Crippen MR) is 86.8 cm³/mol. The first-order chi connectivity index (χ1) is 10.1. The molecule has 0 aliphatic rings. The third-order valence-corrected chi connectivity index (χ3v) is 3.66. The minimum atomic E-state index is -0.995. The second kappa shape index (κ2) is 5.67. The van der Waals surface area contributed by atoms with Gasteiger partial charge in [-0.1, -0.05) is 36.4 Å². The Bertz CT molecular complexity index is 629. The minimum absolute atomic E-state index is 0.128. The van der Waals surface area contributed by atoms with Crippen molar-refractivity contribution in [1.29, 1.82) is 0 Å². The highest BCUT2D eigenvalue weighted by Gasteiger charge is 2.20. The first-order valence-corrected chi connectivity index (χ1v) is 7.29. The molecule has 0 amide bonds. The number of hydrogen-bond donors (Lipinski definition) is 2. The van der Waals surface area contributed by atoms with Crippen molar-refractivity contribution in [2.24, 2.45) is 0 Å². The van der Waals surface area contributed by atoms with Crippen molar-refractivity contribution in [3.8, 4) is 0 Å². The Kier molecular flexibility index (Phi) is 4.23. The number of benzene rings is 2. The van der Waals surface area contributed by atoms with Crippen molar-refractivity contribution in [2.45, 2.75) is 38.9 Å². The van der Waals surface area contributed by atoms with E-state index < -0.39 is 11.2 Å². The molecule has 3 nitrogen and oxygen atoms in total. The molecule has 0 aromatic heterocycles. The molecule has 0 radical (unpaired) electrons. The maximum absolute atomic E-state index is 12.6. The van der Waals surface area contributed by atoms with Gasteiger partial charge in [0.15, 0.2) is 5.78 Å². The summed E-state index contributed by atoms with van der Waals surface area (Å²) in [5, 5.41) is 20.1. The lowest BCUT2D eigenvalue weighted by atomic mass is 9.91. The third-order valence-electron chi connectivity index (χ3n) is 3.66. The lowest BCUT2D eigenvalue weighted by Gasteiger charge is -2.19. The minimum Gasteiger partial charge on any atom is -0.386 e. The van der Waals surface area contributed by atoms with E-state index in [0.717, 1.165) is 0 Å². The van der Waals surface area contributed by atoms with Gasteiger partial charge < -0.3 is 10.2 Å². The van der Waals surface area contributed by atoms with Crippen LogP contribution in [0.1, 0.15) is 54.7 Å². The number of hydrogen-bond acceptors (Lipinski definition) is 3. The second-order valence-corrected chi connectivity index (χ2v) is 6.61. The van der Waals surface area contributed by atoms with Crippen LogP contribution < -0.4 is 0 Å². The summed E-state index contributed by atoms with van der Waals surface area (Å²) in [5.41, 5.74) is 0.435. The van der Waals surface area contributed by atoms with E-state index in [-0.39, 0.29) is 5.78 Å².